The lowest BCUT2D eigenvalue weighted by atomic mass is 10.1. The maximum Gasteiger partial charge on any atom is 0.153 e. The minimum atomic E-state index is -0.630. The molecule has 1 aromatic heterocycles. The van der Waals surface area contributed by atoms with Crippen LogP contribution in [0.15, 0.2) is 12.1 Å². The lowest BCUT2D eigenvalue weighted by Crippen LogP contribution is -2.00. The number of fused-ring (bicyclic) bond motifs is 1. The van der Waals surface area contributed by atoms with Crippen LogP contribution in [0.4, 0.5) is 8.78 Å². The fourth-order valence-electron chi connectivity index (χ4n) is 2.26. The number of nitrogens with zero attached hydrogens (tertiary/aromatic N) is 1. The Morgan fingerprint density at radius 3 is 2.94 bits per heavy atom. The van der Waals surface area contributed by atoms with Crippen molar-refractivity contribution >= 4 is 11.0 Å². The second-order valence-corrected chi connectivity index (χ2v) is 4.48. The van der Waals surface area contributed by atoms with Gasteiger partial charge in [-0.05, 0) is 19.4 Å². The average molecular weight is 238 g/mol. The van der Waals surface area contributed by atoms with Crippen LogP contribution in [-0.4, -0.2) is 22.7 Å². The highest BCUT2D eigenvalue weighted by Crippen LogP contribution is 2.29. The molecule has 0 saturated carbocycles. The predicted molar refractivity (Wildman–Crippen MR) is 58.8 cm³/mol. The highest BCUT2D eigenvalue weighted by atomic mass is 19.1. The van der Waals surface area contributed by atoms with Crippen molar-refractivity contribution in [1.29, 1.82) is 0 Å². The summed E-state index contributed by atoms with van der Waals surface area (Å²) in [6, 6.07) is 2.11. The molecule has 0 bridgehead atoms. The van der Waals surface area contributed by atoms with E-state index in [1.165, 1.54) is 6.07 Å². The van der Waals surface area contributed by atoms with Crippen LogP contribution in [0.2, 0.25) is 0 Å². The smallest absolute Gasteiger partial charge is 0.153 e. The first kappa shape index (κ1) is 10.7. The van der Waals surface area contributed by atoms with Gasteiger partial charge in [0.25, 0.3) is 0 Å². The van der Waals surface area contributed by atoms with E-state index < -0.39 is 11.6 Å². The van der Waals surface area contributed by atoms with Crippen molar-refractivity contribution in [1.82, 2.24) is 9.97 Å². The van der Waals surface area contributed by atoms with E-state index in [2.05, 4.69) is 9.97 Å². The zero-order valence-corrected chi connectivity index (χ0v) is 9.34. The molecule has 2 heterocycles. The van der Waals surface area contributed by atoms with Gasteiger partial charge < -0.3 is 9.72 Å². The minimum Gasteiger partial charge on any atom is -0.378 e. The van der Waals surface area contributed by atoms with Crippen LogP contribution in [0.25, 0.3) is 11.0 Å². The molecule has 3 nitrogen and oxygen atoms in total. The van der Waals surface area contributed by atoms with Gasteiger partial charge in [0, 0.05) is 12.0 Å². The molecule has 1 saturated heterocycles. The van der Waals surface area contributed by atoms with Crippen LogP contribution in [0, 0.1) is 11.6 Å². The third kappa shape index (κ3) is 1.80. The number of H-pyrrole nitrogens is 1. The summed E-state index contributed by atoms with van der Waals surface area (Å²) < 4.78 is 31.9. The summed E-state index contributed by atoms with van der Waals surface area (Å²) in [6.07, 6.45) is 1.04. The molecular formula is C12H12F2N2O. The maximum atomic E-state index is 13.5. The van der Waals surface area contributed by atoms with Crippen LogP contribution >= 0.6 is 0 Å². The summed E-state index contributed by atoms with van der Waals surface area (Å²) >= 11 is 0. The van der Waals surface area contributed by atoms with E-state index in [0.29, 0.717) is 17.9 Å². The van der Waals surface area contributed by atoms with Crippen molar-refractivity contribution in [2.24, 2.45) is 0 Å². The zero-order chi connectivity index (χ0) is 12.0. The first-order valence-electron chi connectivity index (χ1n) is 5.60. The van der Waals surface area contributed by atoms with Gasteiger partial charge in [-0.1, -0.05) is 0 Å². The van der Waals surface area contributed by atoms with Crippen molar-refractivity contribution in [2.75, 3.05) is 6.61 Å². The molecule has 0 aliphatic carbocycles. The lowest BCUT2D eigenvalue weighted by molar-refractivity contribution is 0.123. The van der Waals surface area contributed by atoms with E-state index in [1.54, 1.807) is 0 Å². The van der Waals surface area contributed by atoms with Crippen LogP contribution < -0.4 is 0 Å². The van der Waals surface area contributed by atoms with E-state index in [9.17, 15) is 8.78 Å². The number of hydrogen-bond acceptors (Lipinski definition) is 2. The standard InChI is InChI=1S/C12H12F2N2O/c1-6-2-7(5-17-6)12-15-10-4-8(13)3-9(14)11(10)16-12/h3-4,6-7H,2,5H2,1H3,(H,15,16). The van der Waals surface area contributed by atoms with Crippen molar-refractivity contribution in [3.05, 3.63) is 29.6 Å². The monoisotopic (exact) mass is 238 g/mol. The highest BCUT2D eigenvalue weighted by Gasteiger charge is 2.26. The molecule has 17 heavy (non-hydrogen) atoms. The average Bonchev–Trinajstić information content (AvgIpc) is 2.83. The Labute approximate surface area is 96.8 Å². The molecule has 5 heteroatoms. The third-order valence-electron chi connectivity index (χ3n) is 3.11. The number of aromatic nitrogens is 2. The van der Waals surface area contributed by atoms with Crippen LogP contribution in [0.3, 0.4) is 0 Å². The van der Waals surface area contributed by atoms with Gasteiger partial charge in [0.2, 0.25) is 0 Å². The highest BCUT2D eigenvalue weighted by molar-refractivity contribution is 5.75. The Kier molecular flexibility index (Phi) is 2.36. The van der Waals surface area contributed by atoms with Crippen LogP contribution in [-0.2, 0) is 4.74 Å². The molecule has 0 radical (unpaired) electrons. The number of halogens is 2. The van der Waals surface area contributed by atoms with Crippen LogP contribution in [0.1, 0.15) is 25.1 Å². The van der Waals surface area contributed by atoms with Crippen molar-refractivity contribution in [3.63, 3.8) is 0 Å². The van der Waals surface area contributed by atoms with Gasteiger partial charge in [0.05, 0.1) is 18.2 Å². The molecule has 2 unspecified atom stereocenters. The number of aromatic amines is 1. The van der Waals surface area contributed by atoms with Gasteiger partial charge in [-0.25, -0.2) is 13.8 Å². The number of benzene rings is 1. The van der Waals surface area contributed by atoms with Gasteiger partial charge in [-0.2, -0.15) is 0 Å². The van der Waals surface area contributed by atoms with E-state index in [0.717, 1.165) is 12.5 Å². The van der Waals surface area contributed by atoms with Gasteiger partial charge >= 0.3 is 0 Å². The number of imidazole rings is 1. The van der Waals surface area contributed by atoms with Gasteiger partial charge in [0.1, 0.15) is 17.2 Å². The van der Waals surface area contributed by atoms with Crippen molar-refractivity contribution < 1.29 is 13.5 Å². The molecule has 1 aliphatic rings. The summed E-state index contributed by atoms with van der Waals surface area (Å²) in [5.74, 6) is -0.413. The SMILES string of the molecule is CC1CC(c2nc3c(F)cc(F)cc3[nH]2)CO1. The molecule has 0 amide bonds. The molecule has 1 aromatic carbocycles. The summed E-state index contributed by atoms with van der Waals surface area (Å²) in [5.41, 5.74) is 0.595. The molecule has 1 aliphatic heterocycles. The summed E-state index contributed by atoms with van der Waals surface area (Å²) in [5, 5.41) is 0. The Morgan fingerprint density at radius 2 is 2.24 bits per heavy atom. The van der Waals surface area contributed by atoms with Crippen molar-refractivity contribution in [2.45, 2.75) is 25.4 Å². The predicted octanol–water partition coefficient (Wildman–Crippen LogP) is 2.73. The van der Waals surface area contributed by atoms with E-state index in [1.807, 2.05) is 6.92 Å². The van der Waals surface area contributed by atoms with Gasteiger partial charge in [0.15, 0.2) is 5.82 Å². The second kappa shape index (κ2) is 3.77. The lowest BCUT2D eigenvalue weighted by Gasteiger charge is -2.01. The normalized spacial score (nSPS) is 24.6. The topological polar surface area (TPSA) is 37.9 Å². The number of nitrogens with one attached hydrogen (secondary N) is 1. The molecule has 1 N–H and O–H groups in total. The van der Waals surface area contributed by atoms with Crippen molar-refractivity contribution in [3.8, 4) is 0 Å². The molecular weight excluding hydrogens is 226 g/mol. The number of rotatable bonds is 1. The number of ether oxygens (including phenoxy) is 1. The van der Waals surface area contributed by atoms with E-state index >= 15 is 0 Å². The van der Waals surface area contributed by atoms with E-state index in [4.69, 9.17) is 4.74 Å². The third-order valence-corrected chi connectivity index (χ3v) is 3.11. The van der Waals surface area contributed by atoms with Crippen LogP contribution in [0.5, 0.6) is 0 Å². The van der Waals surface area contributed by atoms with E-state index in [-0.39, 0.29) is 17.5 Å². The summed E-state index contributed by atoms with van der Waals surface area (Å²) in [7, 11) is 0. The second-order valence-electron chi connectivity index (χ2n) is 4.48. The van der Waals surface area contributed by atoms with Gasteiger partial charge in [-0.3, -0.25) is 0 Å². The largest absolute Gasteiger partial charge is 0.378 e. The minimum absolute atomic E-state index is 0.139. The molecule has 2 atom stereocenters. The molecule has 1 fully saturated rings. The zero-order valence-electron chi connectivity index (χ0n) is 9.34. The maximum absolute atomic E-state index is 13.5. The Morgan fingerprint density at radius 1 is 1.41 bits per heavy atom. The Balaban J connectivity index is 2.04. The number of hydrogen-bond donors (Lipinski definition) is 1. The molecule has 2 aromatic rings. The Bertz CT molecular complexity index is 567. The molecule has 0 spiro atoms. The fraction of sp³-hybridized carbons (Fsp3) is 0.417. The summed E-state index contributed by atoms with van der Waals surface area (Å²) in [4.78, 5) is 7.16. The first-order chi connectivity index (χ1) is 8.13. The molecule has 3 rings (SSSR count). The Hall–Kier alpha value is -1.49. The molecule has 90 valence electrons. The summed E-state index contributed by atoms with van der Waals surface area (Å²) in [6.45, 7) is 2.56. The fourth-order valence-corrected chi connectivity index (χ4v) is 2.26. The quantitative estimate of drug-likeness (QED) is 0.829. The van der Waals surface area contributed by atoms with Gasteiger partial charge in [-0.15, -0.1) is 0 Å². The first-order valence-corrected chi connectivity index (χ1v) is 5.60.